The molecule has 2 rings (SSSR count). The highest BCUT2D eigenvalue weighted by atomic mass is 16.5. The molecule has 24 heavy (non-hydrogen) atoms. The Kier molecular flexibility index (Phi) is 7.91. The topological polar surface area (TPSA) is 59.4 Å². The molecule has 0 bridgehead atoms. The molecule has 2 aliphatic heterocycles. The summed E-state index contributed by atoms with van der Waals surface area (Å²) in [4.78, 5) is 7.09. The van der Waals surface area contributed by atoms with E-state index in [-0.39, 0.29) is 24.4 Å². The van der Waals surface area contributed by atoms with Crippen molar-refractivity contribution in [2.45, 2.75) is 64.6 Å². The van der Waals surface area contributed by atoms with Crippen LogP contribution in [-0.2, 0) is 4.74 Å². The minimum atomic E-state index is -0.316. The van der Waals surface area contributed by atoms with Crippen LogP contribution in [0.1, 0.15) is 34.1 Å². The average molecular weight is 344 g/mol. The Bertz CT molecular complexity index is 359. The molecular weight excluding hydrogens is 306 g/mol. The highest BCUT2D eigenvalue weighted by Crippen LogP contribution is 2.15. The second kappa shape index (κ2) is 9.46. The Labute approximate surface area is 147 Å². The summed E-state index contributed by atoms with van der Waals surface area (Å²) in [7, 11) is 0. The molecule has 2 saturated heterocycles. The van der Waals surface area contributed by atoms with Gasteiger partial charge in [0.2, 0.25) is 0 Å². The van der Waals surface area contributed by atoms with Gasteiger partial charge in [-0.25, -0.2) is 0 Å². The van der Waals surface area contributed by atoms with Crippen molar-refractivity contribution in [2.24, 2.45) is 0 Å². The van der Waals surface area contributed by atoms with Gasteiger partial charge in [-0.3, -0.25) is 14.7 Å². The van der Waals surface area contributed by atoms with E-state index in [4.69, 9.17) is 4.74 Å². The van der Waals surface area contributed by atoms with Gasteiger partial charge in [-0.1, -0.05) is 6.92 Å². The van der Waals surface area contributed by atoms with E-state index in [1.165, 1.54) is 0 Å². The van der Waals surface area contributed by atoms with E-state index in [2.05, 4.69) is 35.5 Å². The number of rotatable bonds is 7. The van der Waals surface area contributed by atoms with Crippen molar-refractivity contribution in [1.82, 2.24) is 14.7 Å². The number of hydrogen-bond acceptors (Lipinski definition) is 6. The van der Waals surface area contributed by atoms with Gasteiger partial charge < -0.3 is 14.9 Å². The number of nitrogens with zero attached hydrogens (tertiary/aromatic N) is 3. The van der Waals surface area contributed by atoms with Crippen molar-refractivity contribution >= 4 is 0 Å². The minimum Gasteiger partial charge on any atom is -0.392 e. The van der Waals surface area contributed by atoms with Crippen molar-refractivity contribution in [3.05, 3.63) is 0 Å². The van der Waals surface area contributed by atoms with E-state index in [9.17, 15) is 10.2 Å². The van der Waals surface area contributed by atoms with Gasteiger partial charge in [-0.15, -0.1) is 0 Å². The first-order valence-electron chi connectivity index (χ1n) is 9.57. The molecule has 2 aliphatic rings. The molecule has 0 spiro atoms. The van der Waals surface area contributed by atoms with Gasteiger partial charge in [-0.05, 0) is 27.2 Å². The third-order valence-electron chi connectivity index (χ3n) is 5.09. The van der Waals surface area contributed by atoms with Crippen LogP contribution in [0.2, 0.25) is 0 Å². The summed E-state index contributed by atoms with van der Waals surface area (Å²) in [6.45, 7) is 15.2. The lowest BCUT2D eigenvalue weighted by atomic mass is 10.1. The number of hydrogen-bond donors (Lipinski definition) is 2. The van der Waals surface area contributed by atoms with Gasteiger partial charge in [0, 0.05) is 58.4 Å². The lowest BCUT2D eigenvalue weighted by molar-refractivity contribution is -0.0792. The van der Waals surface area contributed by atoms with E-state index in [0.29, 0.717) is 6.04 Å². The van der Waals surface area contributed by atoms with Crippen molar-refractivity contribution in [2.75, 3.05) is 52.4 Å². The minimum absolute atomic E-state index is 0.245. The second-order valence-electron chi connectivity index (χ2n) is 7.80. The van der Waals surface area contributed by atoms with Crippen molar-refractivity contribution in [3.63, 3.8) is 0 Å². The third-order valence-corrected chi connectivity index (χ3v) is 5.09. The molecule has 5 unspecified atom stereocenters. The van der Waals surface area contributed by atoms with E-state index in [0.717, 1.165) is 58.8 Å². The van der Waals surface area contributed by atoms with Crippen LogP contribution in [0.15, 0.2) is 0 Å². The van der Waals surface area contributed by atoms with Crippen LogP contribution < -0.4 is 0 Å². The van der Waals surface area contributed by atoms with Gasteiger partial charge in [0.05, 0.1) is 24.4 Å². The molecule has 0 aromatic rings. The zero-order valence-electron chi connectivity index (χ0n) is 15.9. The average Bonchev–Trinajstić information content (AvgIpc) is 2.47. The molecule has 142 valence electrons. The Hall–Kier alpha value is -0.240. The zero-order chi connectivity index (χ0) is 17.7. The van der Waals surface area contributed by atoms with E-state index in [1.807, 2.05) is 6.92 Å². The molecular formula is C18H37N3O3. The molecule has 2 heterocycles. The molecule has 2 N–H and O–H groups in total. The van der Waals surface area contributed by atoms with E-state index < -0.39 is 0 Å². The van der Waals surface area contributed by atoms with E-state index in [1.54, 1.807) is 0 Å². The Morgan fingerprint density at radius 2 is 1.58 bits per heavy atom. The Balaban J connectivity index is 1.76. The molecule has 0 aromatic carbocycles. The monoisotopic (exact) mass is 343 g/mol. The predicted molar refractivity (Wildman–Crippen MR) is 96.2 cm³/mol. The molecule has 0 amide bonds. The molecule has 0 saturated carbocycles. The van der Waals surface area contributed by atoms with Crippen molar-refractivity contribution in [3.8, 4) is 0 Å². The fraction of sp³-hybridized carbons (Fsp3) is 1.00. The number of ether oxygens (including phenoxy) is 1. The summed E-state index contributed by atoms with van der Waals surface area (Å²) in [6, 6.07) is 0.476. The standard InChI is InChI=1S/C18H37N3O3/c1-5-17-11-19(6-7-21(17)8-14(2)22)12-18(23)13-20-9-15(3)24-16(4)10-20/h14-18,22-23H,5-13H2,1-4H3. The molecule has 6 nitrogen and oxygen atoms in total. The van der Waals surface area contributed by atoms with Crippen LogP contribution >= 0.6 is 0 Å². The summed E-state index contributed by atoms with van der Waals surface area (Å²) in [6.07, 6.45) is 0.978. The van der Waals surface area contributed by atoms with Crippen molar-refractivity contribution < 1.29 is 14.9 Å². The predicted octanol–water partition coefficient (Wildman–Crippen LogP) is 0.234. The Morgan fingerprint density at radius 1 is 0.958 bits per heavy atom. The van der Waals surface area contributed by atoms with Crippen LogP contribution in [0.3, 0.4) is 0 Å². The fourth-order valence-corrected chi connectivity index (χ4v) is 4.18. The van der Waals surface area contributed by atoms with Crippen molar-refractivity contribution in [1.29, 1.82) is 0 Å². The largest absolute Gasteiger partial charge is 0.392 e. The first-order valence-corrected chi connectivity index (χ1v) is 9.57. The molecule has 0 aliphatic carbocycles. The number of aliphatic hydroxyl groups excluding tert-OH is 2. The fourth-order valence-electron chi connectivity index (χ4n) is 4.18. The summed E-state index contributed by atoms with van der Waals surface area (Å²) in [5, 5.41) is 20.2. The summed E-state index contributed by atoms with van der Waals surface area (Å²) in [5.74, 6) is 0. The molecule has 5 atom stereocenters. The normalized spacial score (nSPS) is 33.5. The summed E-state index contributed by atoms with van der Waals surface area (Å²) < 4.78 is 5.76. The maximum Gasteiger partial charge on any atom is 0.0793 e. The summed E-state index contributed by atoms with van der Waals surface area (Å²) in [5.41, 5.74) is 0. The highest BCUT2D eigenvalue weighted by Gasteiger charge is 2.29. The van der Waals surface area contributed by atoms with E-state index >= 15 is 0 Å². The van der Waals surface area contributed by atoms with Crippen LogP contribution in [0.25, 0.3) is 0 Å². The maximum atomic E-state index is 10.5. The molecule has 0 aromatic heterocycles. The van der Waals surface area contributed by atoms with Crippen LogP contribution in [-0.4, -0.2) is 108 Å². The number of β-amino-alcohol motifs (C(OH)–C–C–N with tert-alkyl or cyclic N) is 2. The second-order valence-corrected chi connectivity index (χ2v) is 7.80. The van der Waals surface area contributed by atoms with Gasteiger partial charge >= 0.3 is 0 Å². The number of morpholine rings is 1. The molecule has 6 heteroatoms. The Morgan fingerprint density at radius 3 is 2.17 bits per heavy atom. The zero-order valence-corrected chi connectivity index (χ0v) is 15.9. The van der Waals surface area contributed by atoms with Crippen LogP contribution in [0, 0.1) is 0 Å². The quantitative estimate of drug-likeness (QED) is 0.690. The first kappa shape index (κ1) is 20.1. The van der Waals surface area contributed by atoms with Gasteiger partial charge in [0.1, 0.15) is 0 Å². The lowest BCUT2D eigenvalue weighted by Gasteiger charge is -2.43. The first-order chi connectivity index (χ1) is 11.4. The number of aliphatic hydroxyl groups is 2. The SMILES string of the molecule is CCC1CN(CC(O)CN2CC(C)OC(C)C2)CCN1CC(C)O. The lowest BCUT2D eigenvalue weighted by Crippen LogP contribution is -2.56. The summed E-state index contributed by atoms with van der Waals surface area (Å²) >= 11 is 0. The number of piperazine rings is 1. The van der Waals surface area contributed by atoms with Gasteiger partial charge in [-0.2, -0.15) is 0 Å². The molecule has 2 fully saturated rings. The van der Waals surface area contributed by atoms with Gasteiger partial charge in [0.15, 0.2) is 0 Å². The molecule has 0 radical (unpaired) electrons. The van der Waals surface area contributed by atoms with Gasteiger partial charge in [0.25, 0.3) is 0 Å². The maximum absolute atomic E-state index is 10.5. The third kappa shape index (κ3) is 6.24. The van der Waals surface area contributed by atoms with Crippen LogP contribution in [0.5, 0.6) is 0 Å². The smallest absolute Gasteiger partial charge is 0.0793 e. The van der Waals surface area contributed by atoms with Crippen LogP contribution in [0.4, 0.5) is 0 Å². The highest BCUT2D eigenvalue weighted by molar-refractivity contribution is 4.84.